The molecule has 0 aliphatic carbocycles. The predicted octanol–water partition coefficient (Wildman–Crippen LogP) is 5.20. The maximum Gasteiger partial charge on any atom is 0.328 e. The van der Waals surface area contributed by atoms with Gasteiger partial charge in [-0.2, -0.15) is 0 Å². The van der Waals surface area contributed by atoms with Crippen LogP contribution in [0.4, 0.5) is 4.79 Å². The van der Waals surface area contributed by atoms with Crippen LogP contribution in [0, 0.1) is 20.8 Å². The van der Waals surface area contributed by atoms with Crippen LogP contribution in [0.5, 0.6) is 5.75 Å². The molecule has 9 nitrogen and oxygen atoms in total. The first-order chi connectivity index (χ1) is 20.2. The van der Waals surface area contributed by atoms with Gasteiger partial charge in [-0.3, -0.25) is 4.57 Å². The number of aryl methyl sites for hydroxylation is 3. The highest BCUT2D eigenvalue weighted by atomic mass is 32.2. The lowest BCUT2D eigenvalue weighted by Gasteiger charge is -2.12. The maximum absolute atomic E-state index is 12.4. The first-order valence-electron chi connectivity index (χ1n) is 13.7. The lowest BCUT2D eigenvalue weighted by molar-refractivity contribution is 0.246. The van der Waals surface area contributed by atoms with Crippen LogP contribution < -0.4 is 14.8 Å². The Hall–Kier alpha value is -4.70. The highest BCUT2D eigenvalue weighted by Crippen LogP contribution is 2.24. The molecule has 5 rings (SSSR count). The Morgan fingerprint density at radius 3 is 2.31 bits per heavy atom. The van der Waals surface area contributed by atoms with Crippen LogP contribution in [-0.4, -0.2) is 42.1 Å². The summed E-state index contributed by atoms with van der Waals surface area (Å²) in [5, 5.41) is 2.62. The van der Waals surface area contributed by atoms with Crippen LogP contribution in [0.3, 0.4) is 0 Å². The smallest absolute Gasteiger partial charge is 0.328 e. The molecule has 0 aliphatic rings. The lowest BCUT2D eigenvalue weighted by atomic mass is 10.1. The topological polar surface area (TPSA) is 115 Å². The number of hydrogen-bond donors (Lipinski definition) is 2. The van der Waals surface area contributed by atoms with Gasteiger partial charge >= 0.3 is 6.03 Å². The van der Waals surface area contributed by atoms with E-state index < -0.39 is 16.1 Å². The van der Waals surface area contributed by atoms with Crippen LogP contribution in [0.25, 0.3) is 16.9 Å². The molecule has 0 radical (unpaired) electrons. The fourth-order valence-corrected chi connectivity index (χ4v) is 5.62. The summed E-state index contributed by atoms with van der Waals surface area (Å²) < 4.78 is 35.0. The second-order valence-corrected chi connectivity index (χ2v) is 11.8. The summed E-state index contributed by atoms with van der Waals surface area (Å²) in [4.78, 5) is 22.0. The summed E-state index contributed by atoms with van der Waals surface area (Å²) >= 11 is 0. The number of urea groups is 1. The van der Waals surface area contributed by atoms with Gasteiger partial charge in [-0.25, -0.2) is 27.9 Å². The number of benzene rings is 3. The van der Waals surface area contributed by atoms with Crippen molar-refractivity contribution in [3.05, 3.63) is 113 Å². The van der Waals surface area contributed by atoms with Gasteiger partial charge in [-0.1, -0.05) is 48.0 Å². The van der Waals surface area contributed by atoms with Crippen molar-refractivity contribution in [3.8, 4) is 11.4 Å². The van der Waals surface area contributed by atoms with Gasteiger partial charge in [0.15, 0.2) is 5.65 Å². The third-order valence-corrected chi connectivity index (χ3v) is 8.14. The summed E-state index contributed by atoms with van der Waals surface area (Å²) in [5.41, 5.74) is 6.46. The Morgan fingerprint density at radius 1 is 0.881 bits per heavy atom. The number of aromatic nitrogens is 3. The number of para-hydroxylation sites is 1. The number of hydrogen-bond acceptors (Lipinski definition) is 6. The Bertz CT molecular complexity index is 1800. The minimum absolute atomic E-state index is 0.0386. The second-order valence-electron chi connectivity index (χ2n) is 10.1. The zero-order chi connectivity index (χ0) is 29.7. The average molecular weight is 584 g/mol. The van der Waals surface area contributed by atoms with E-state index in [4.69, 9.17) is 14.7 Å². The lowest BCUT2D eigenvalue weighted by Crippen LogP contribution is -2.40. The van der Waals surface area contributed by atoms with E-state index in [9.17, 15) is 13.2 Å². The molecule has 3 aromatic carbocycles. The van der Waals surface area contributed by atoms with E-state index in [1.807, 2.05) is 81.4 Å². The number of nitrogens with one attached hydrogen (secondary N) is 2. The van der Waals surface area contributed by atoms with E-state index in [1.54, 1.807) is 12.1 Å². The molecule has 5 aromatic rings. The molecule has 0 unspecified atom stereocenters. The van der Waals surface area contributed by atoms with E-state index in [0.29, 0.717) is 19.4 Å². The highest BCUT2D eigenvalue weighted by molar-refractivity contribution is 7.90. The summed E-state index contributed by atoms with van der Waals surface area (Å²) in [6, 6.07) is 25.2. The van der Waals surface area contributed by atoms with Crippen LogP contribution in [0.2, 0.25) is 0 Å². The second kappa shape index (κ2) is 12.4. The Balaban J connectivity index is 1.26. The number of fused-ring (bicyclic) bond motifs is 1. The van der Waals surface area contributed by atoms with Crippen LogP contribution in [-0.2, 0) is 22.9 Å². The van der Waals surface area contributed by atoms with Crippen molar-refractivity contribution in [2.75, 3.05) is 13.2 Å². The van der Waals surface area contributed by atoms with E-state index in [1.165, 1.54) is 12.1 Å². The van der Waals surface area contributed by atoms with Crippen molar-refractivity contribution in [3.63, 3.8) is 0 Å². The third kappa shape index (κ3) is 6.77. The molecule has 0 spiro atoms. The normalized spacial score (nSPS) is 11.4. The van der Waals surface area contributed by atoms with Crippen LogP contribution in [0.1, 0.15) is 28.2 Å². The summed E-state index contributed by atoms with van der Waals surface area (Å²) in [5.74, 6) is 1.66. The zero-order valence-electron chi connectivity index (χ0n) is 23.8. The molecule has 42 heavy (non-hydrogen) atoms. The van der Waals surface area contributed by atoms with Crippen molar-refractivity contribution >= 4 is 27.2 Å². The molecule has 0 saturated carbocycles. The van der Waals surface area contributed by atoms with Crippen molar-refractivity contribution < 1.29 is 17.9 Å². The molecule has 2 amide bonds. The van der Waals surface area contributed by atoms with Gasteiger partial charge in [0, 0.05) is 24.3 Å². The maximum atomic E-state index is 12.4. The van der Waals surface area contributed by atoms with Crippen molar-refractivity contribution in [1.29, 1.82) is 0 Å². The molecule has 0 atom stereocenters. The van der Waals surface area contributed by atoms with Crippen LogP contribution >= 0.6 is 0 Å². The van der Waals surface area contributed by atoms with Crippen molar-refractivity contribution in [2.45, 2.75) is 38.5 Å². The molecule has 0 aliphatic heterocycles. The standard InChI is InChI=1S/C32H33N5O4S/c1-22-9-15-28(16-10-22)42(39,40)36-32(38)33-19-17-25-11-13-26(14-12-25)37-29(18-20-41-27-7-5-4-6-8-27)35-30-23(2)21-24(3)34-31(30)37/h4-16,21H,17-20H2,1-3H3,(H2,33,36,38). The fourth-order valence-electron chi connectivity index (χ4n) is 4.69. The number of carbonyl (C=O) groups excluding carboxylic acids is 1. The molecule has 2 aromatic heterocycles. The number of pyridine rings is 1. The first kappa shape index (κ1) is 28.8. The number of nitrogens with zero attached hydrogens (tertiary/aromatic N) is 3. The fraction of sp³-hybridized carbons (Fsp3) is 0.219. The largest absolute Gasteiger partial charge is 0.493 e. The molecule has 216 valence electrons. The van der Waals surface area contributed by atoms with Gasteiger partial charge in [0.05, 0.1) is 11.5 Å². The van der Waals surface area contributed by atoms with Gasteiger partial charge in [-0.15, -0.1) is 0 Å². The predicted molar refractivity (Wildman–Crippen MR) is 163 cm³/mol. The van der Waals surface area contributed by atoms with E-state index in [2.05, 4.69) is 14.6 Å². The number of amides is 2. The zero-order valence-corrected chi connectivity index (χ0v) is 24.6. The number of sulfonamides is 1. The molecular formula is C32H33N5O4S. The van der Waals surface area contributed by atoms with E-state index >= 15 is 0 Å². The molecule has 2 N–H and O–H groups in total. The molecule has 2 heterocycles. The molecular weight excluding hydrogens is 550 g/mol. The Kier molecular flexibility index (Phi) is 8.53. The van der Waals surface area contributed by atoms with Gasteiger partial charge in [0.1, 0.15) is 17.1 Å². The summed E-state index contributed by atoms with van der Waals surface area (Å²) in [6.07, 6.45) is 1.12. The van der Waals surface area contributed by atoms with E-state index in [-0.39, 0.29) is 11.4 Å². The minimum atomic E-state index is -3.94. The molecule has 0 fully saturated rings. The van der Waals surface area contributed by atoms with Crippen molar-refractivity contribution in [1.82, 2.24) is 24.6 Å². The van der Waals surface area contributed by atoms with E-state index in [0.717, 1.165) is 50.8 Å². The van der Waals surface area contributed by atoms with Gasteiger partial charge in [0.2, 0.25) is 0 Å². The first-order valence-corrected chi connectivity index (χ1v) is 15.2. The van der Waals surface area contributed by atoms with Gasteiger partial charge in [0.25, 0.3) is 10.0 Å². The summed E-state index contributed by atoms with van der Waals surface area (Å²) in [7, 11) is -3.94. The Morgan fingerprint density at radius 2 is 1.60 bits per heavy atom. The molecule has 0 bridgehead atoms. The SMILES string of the molecule is Cc1ccc(S(=O)(=O)NC(=O)NCCc2ccc(-n3c(CCOc4ccccc4)nc4c(C)cc(C)nc43)cc2)cc1. The number of carbonyl (C=O) groups is 1. The van der Waals surface area contributed by atoms with Crippen molar-refractivity contribution in [2.24, 2.45) is 0 Å². The highest BCUT2D eigenvalue weighted by Gasteiger charge is 2.18. The van der Waals surface area contributed by atoms with Gasteiger partial charge < -0.3 is 10.1 Å². The Labute approximate surface area is 245 Å². The average Bonchev–Trinajstić information content (AvgIpc) is 3.32. The molecule has 10 heteroatoms. The number of ether oxygens (including phenoxy) is 1. The number of imidazole rings is 1. The van der Waals surface area contributed by atoms with Crippen LogP contribution in [0.15, 0.2) is 89.8 Å². The minimum Gasteiger partial charge on any atom is -0.493 e. The molecule has 0 saturated heterocycles. The summed E-state index contributed by atoms with van der Waals surface area (Å²) in [6.45, 7) is 6.61. The quantitative estimate of drug-likeness (QED) is 0.234. The number of rotatable bonds is 10. The monoisotopic (exact) mass is 583 g/mol. The third-order valence-electron chi connectivity index (χ3n) is 6.79. The van der Waals surface area contributed by atoms with Gasteiger partial charge in [-0.05, 0) is 80.8 Å².